The number of hydrogen-bond donors (Lipinski definition) is 1. The Labute approximate surface area is 185 Å². The van der Waals surface area contributed by atoms with E-state index in [9.17, 15) is 4.39 Å². The van der Waals surface area contributed by atoms with Gasteiger partial charge in [-0.1, -0.05) is 30.3 Å². The second-order valence-corrected chi connectivity index (χ2v) is 7.87. The Morgan fingerprint density at radius 2 is 1.66 bits per heavy atom. The molecule has 0 saturated heterocycles. The van der Waals surface area contributed by atoms with E-state index < -0.39 is 0 Å². The van der Waals surface area contributed by atoms with Crippen molar-refractivity contribution in [3.8, 4) is 22.5 Å². The molecule has 5 nitrogen and oxygen atoms in total. The van der Waals surface area contributed by atoms with Crippen LogP contribution in [-0.4, -0.2) is 25.1 Å². The van der Waals surface area contributed by atoms with Gasteiger partial charge in [-0.2, -0.15) is 0 Å². The quantitative estimate of drug-likeness (QED) is 0.380. The minimum absolute atomic E-state index is 0.187. The van der Waals surface area contributed by atoms with E-state index in [2.05, 4.69) is 37.3 Å². The molecule has 1 N–H and O–H groups in total. The highest BCUT2D eigenvalue weighted by molar-refractivity contribution is 5.74. The van der Waals surface area contributed by atoms with Crippen molar-refractivity contribution in [3.63, 3.8) is 0 Å². The Morgan fingerprint density at radius 1 is 0.844 bits per heavy atom. The molecule has 0 spiro atoms. The van der Waals surface area contributed by atoms with Crippen LogP contribution in [0.4, 0.5) is 4.39 Å². The summed E-state index contributed by atoms with van der Waals surface area (Å²) in [5, 5.41) is 9.65. The van der Waals surface area contributed by atoms with E-state index in [1.54, 1.807) is 19.2 Å². The smallest absolute Gasteiger partial charge is 0.161 e. The van der Waals surface area contributed by atoms with Gasteiger partial charge in [-0.25, -0.2) is 14.4 Å². The molecular formula is C26H22FN5. The van der Waals surface area contributed by atoms with Crippen molar-refractivity contribution in [2.75, 3.05) is 0 Å². The van der Waals surface area contributed by atoms with Gasteiger partial charge in [0.05, 0.1) is 0 Å². The number of aryl methyl sites for hydroxylation is 3. The molecule has 0 radical (unpaired) electrons. The van der Waals surface area contributed by atoms with Crippen LogP contribution in [-0.2, 0) is 12.8 Å². The van der Waals surface area contributed by atoms with Crippen molar-refractivity contribution in [1.82, 2.24) is 25.1 Å². The van der Waals surface area contributed by atoms with Crippen LogP contribution in [0.1, 0.15) is 23.5 Å². The van der Waals surface area contributed by atoms with Gasteiger partial charge < -0.3 is 4.98 Å². The standard InChI is InChI=1S/C26H22FN5/c1-17-16-21(12-14-23(17)27)18-7-9-20(10-8-18)26-30-24(31-32-26)6-2-5-22-13-11-19-4-3-15-28-25(19)29-22/h3-4,7-16H,2,5-6H2,1H3,(H,30,31,32). The van der Waals surface area contributed by atoms with Gasteiger partial charge >= 0.3 is 0 Å². The van der Waals surface area contributed by atoms with E-state index in [0.29, 0.717) is 5.56 Å². The molecule has 0 unspecified atom stereocenters. The molecule has 0 atom stereocenters. The SMILES string of the molecule is Cc1cc(-c2ccc(-c3nnc(CCCc4ccc5cccnc5n4)[nH]3)cc2)ccc1F. The minimum atomic E-state index is -0.187. The zero-order valence-electron chi connectivity index (χ0n) is 17.7. The Bertz CT molecular complexity index is 1370. The second kappa shape index (κ2) is 8.67. The van der Waals surface area contributed by atoms with Crippen LogP contribution in [0.2, 0.25) is 0 Å². The van der Waals surface area contributed by atoms with Crippen molar-refractivity contribution in [2.24, 2.45) is 0 Å². The van der Waals surface area contributed by atoms with Crippen molar-refractivity contribution >= 4 is 11.0 Å². The fraction of sp³-hybridized carbons (Fsp3) is 0.154. The zero-order valence-corrected chi connectivity index (χ0v) is 17.7. The number of fused-ring (bicyclic) bond motifs is 1. The average Bonchev–Trinajstić information content (AvgIpc) is 3.30. The molecule has 3 heterocycles. The highest BCUT2D eigenvalue weighted by Gasteiger charge is 2.08. The summed E-state index contributed by atoms with van der Waals surface area (Å²) in [7, 11) is 0. The summed E-state index contributed by atoms with van der Waals surface area (Å²) in [5.74, 6) is 1.42. The van der Waals surface area contributed by atoms with Gasteiger partial charge in [-0.3, -0.25) is 0 Å². The number of hydrogen-bond acceptors (Lipinski definition) is 4. The molecule has 3 aromatic heterocycles. The summed E-state index contributed by atoms with van der Waals surface area (Å²) < 4.78 is 13.5. The molecule has 2 aromatic carbocycles. The van der Waals surface area contributed by atoms with Crippen molar-refractivity contribution in [3.05, 3.63) is 95.8 Å². The summed E-state index contributed by atoms with van der Waals surface area (Å²) >= 11 is 0. The highest BCUT2D eigenvalue weighted by atomic mass is 19.1. The molecule has 5 aromatic rings. The molecule has 0 saturated carbocycles. The summed E-state index contributed by atoms with van der Waals surface area (Å²) in [6.45, 7) is 1.77. The minimum Gasteiger partial charge on any atom is -0.325 e. The topological polar surface area (TPSA) is 67.3 Å². The first-order valence-corrected chi connectivity index (χ1v) is 10.6. The monoisotopic (exact) mass is 423 g/mol. The lowest BCUT2D eigenvalue weighted by atomic mass is 10.0. The van der Waals surface area contributed by atoms with E-state index in [-0.39, 0.29) is 5.82 Å². The molecule has 0 amide bonds. The molecule has 158 valence electrons. The van der Waals surface area contributed by atoms with E-state index >= 15 is 0 Å². The predicted molar refractivity (Wildman–Crippen MR) is 124 cm³/mol. The normalized spacial score (nSPS) is 11.2. The fourth-order valence-corrected chi connectivity index (χ4v) is 3.75. The van der Waals surface area contributed by atoms with E-state index in [4.69, 9.17) is 0 Å². The number of pyridine rings is 2. The number of aromatic amines is 1. The number of rotatable bonds is 6. The summed E-state index contributed by atoms with van der Waals surface area (Å²) in [6.07, 6.45) is 4.33. The van der Waals surface area contributed by atoms with Gasteiger partial charge in [-0.05, 0) is 72.9 Å². The number of halogens is 1. The molecule has 32 heavy (non-hydrogen) atoms. The number of H-pyrrole nitrogens is 1. The van der Waals surface area contributed by atoms with Gasteiger partial charge in [0, 0.05) is 29.3 Å². The van der Waals surface area contributed by atoms with Gasteiger partial charge in [0.25, 0.3) is 0 Å². The Hall–Kier alpha value is -3.93. The Balaban J connectivity index is 1.22. The summed E-state index contributed by atoms with van der Waals surface area (Å²) in [4.78, 5) is 12.3. The molecule has 0 aliphatic rings. The molecular weight excluding hydrogens is 401 g/mol. The van der Waals surface area contributed by atoms with Crippen LogP contribution in [0, 0.1) is 12.7 Å². The van der Waals surface area contributed by atoms with Crippen LogP contribution >= 0.6 is 0 Å². The second-order valence-electron chi connectivity index (χ2n) is 7.87. The van der Waals surface area contributed by atoms with Gasteiger partial charge in [0.15, 0.2) is 11.5 Å². The summed E-state index contributed by atoms with van der Waals surface area (Å²) in [6, 6.07) is 21.3. The van der Waals surface area contributed by atoms with E-state index in [0.717, 1.165) is 64.3 Å². The highest BCUT2D eigenvalue weighted by Crippen LogP contribution is 2.25. The van der Waals surface area contributed by atoms with Crippen molar-refractivity contribution in [1.29, 1.82) is 0 Å². The third kappa shape index (κ3) is 4.25. The van der Waals surface area contributed by atoms with Gasteiger partial charge in [-0.15, -0.1) is 10.2 Å². The predicted octanol–water partition coefficient (Wildman–Crippen LogP) is 5.70. The maximum atomic E-state index is 13.5. The average molecular weight is 423 g/mol. The van der Waals surface area contributed by atoms with Crippen LogP contribution in [0.5, 0.6) is 0 Å². The van der Waals surface area contributed by atoms with Crippen molar-refractivity contribution < 1.29 is 4.39 Å². The Kier molecular flexibility index (Phi) is 5.42. The van der Waals surface area contributed by atoms with E-state index in [1.165, 1.54) is 6.07 Å². The lowest BCUT2D eigenvalue weighted by molar-refractivity contribution is 0.619. The van der Waals surface area contributed by atoms with Crippen LogP contribution in [0.25, 0.3) is 33.5 Å². The number of aromatic nitrogens is 5. The summed E-state index contributed by atoms with van der Waals surface area (Å²) in [5.41, 5.74) is 5.45. The maximum Gasteiger partial charge on any atom is 0.161 e. The molecule has 6 heteroatoms. The first-order chi connectivity index (χ1) is 15.7. The zero-order chi connectivity index (χ0) is 21.9. The van der Waals surface area contributed by atoms with E-state index in [1.807, 2.05) is 42.5 Å². The molecule has 0 aliphatic heterocycles. The number of nitrogens with zero attached hydrogens (tertiary/aromatic N) is 4. The first kappa shape index (κ1) is 20.0. The maximum absolute atomic E-state index is 13.5. The van der Waals surface area contributed by atoms with Crippen molar-refractivity contribution in [2.45, 2.75) is 26.2 Å². The largest absolute Gasteiger partial charge is 0.325 e. The fourth-order valence-electron chi connectivity index (χ4n) is 3.75. The van der Waals surface area contributed by atoms with Crippen LogP contribution in [0.15, 0.2) is 72.9 Å². The first-order valence-electron chi connectivity index (χ1n) is 10.6. The van der Waals surface area contributed by atoms with Gasteiger partial charge in [0.2, 0.25) is 0 Å². The number of benzene rings is 2. The van der Waals surface area contributed by atoms with Crippen LogP contribution in [0.3, 0.4) is 0 Å². The molecule has 0 aliphatic carbocycles. The third-order valence-corrected chi connectivity index (χ3v) is 5.55. The van der Waals surface area contributed by atoms with Gasteiger partial charge in [0.1, 0.15) is 11.6 Å². The molecule has 0 bridgehead atoms. The molecule has 0 fully saturated rings. The number of nitrogens with one attached hydrogen (secondary N) is 1. The Morgan fingerprint density at radius 3 is 2.50 bits per heavy atom. The lowest BCUT2D eigenvalue weighted by Gasteiger charge is -2.05. The molecule has 5 rings (SSSR count). The van der Waals surface area contributed by atoms with Crippen LogP contribution < -0.4 is 0 Å². The third-order valence-electron chi connectivity index (χ3n) is 5.55. The lowest BCUT2D eigenvalue weighted by Crippen LogP contribution is -1.95.